The number of carbonyl (C=O) groups is 4. The van der Waals surface area contributed by atoms with Gasteiger partial charge < -0.3 is 9.47 Å². The minimum atomic E-state index is -1.14. The van der Waals surface area contributed by atoms with Gasteiger partial charge in [-0.2, -0.15) is 0 Å². The maximum Gasteiger partial charge on any atom is 0.543 e. The Bertz CT molecular complexity index is 1150. The summed E-state index contributed by atoms with van der Waals surface area (Å²) in [5.74, 6) is -1.44. The monoisotopic (exact) mass is 588 g/mol. The Morgan fingerprint density at radius 1 is 0.548 bits per heavy atom. The lowest BCUT2D eigenvalue weighted by Gasteiger charge is -2.27. The summed E-state index contributed by atoms with van der Waals surface area (Å²) in [5.41, 5.74) is 5.48. The summed E-state index contributed by atoms with van der Waals surface area (Å²) >= 11 is 0. The van der Waals surface area contributed by atoms with Gasteiger partial charge in [-0.25, -0.2) is 29.0 Å². The first-order valence-electron chi connectivity index (χ1n) is 13.5. The summed E-state index contributed by atoms with van der Waals surface area (Å²) in [6.07, 6.45) is 0.565. The van der Waals surface area contributed by atoms with Crippen LogP contribution in [0.3, 0.4) is 0 Å². The Morgan fingerprint density at radius 2 is 0.857 bits per heavy atom. The van der Waals surface area contributed by atoms with Gasteiger partial charge in [-0.05, 0) is 101 Å². The number of hydrogen-bond acceptors (Lipinski definition) is 12. The van der Waals surface area contributed by atoms with Crippen molar-refractivity contribution in [3.05, 3.63) is 68.8 Å². The SMILES string of the molecule is Cc1cc(C)c(C(=O)OOOC(=O)OCC2CCC(COC(=O)OOOC(=O)c3c(C)cc(C)cc3C)CC2)c(C)c1. The summed E-state index contributed by atoms with van der Waals surface area (Å²) in [7, 11) is 0. The number of rotatable bonds is 10. The minimum absolute atomic E-state index is 0.0672. The Hall–Kier alpha value is -4.16. The summed E-state index contributed by atoms with van der Waals surface area (Å²) in [4.78, 5) is 66.0. The van der Waals surface area contributed by atoms with E-state index in [1.165, 1.54) is 0 Å². The molecule has 12 nitrogen and oxygen atoms in total. The highest BCUT2D eigenvalue weighted by molar-refractivity contribution is 5.93. The maximum atomic E-state index is 12.2. The van der Waals surface area contributed by atoms with Crippen molar-refractivity contribution in [1.29, 1.82) is 0 Å². The fourth-order valence-corrected chi connectivity index (χ4v) is 5.22. The smallest absolute Gasteiger partial charge is 0.432 e. The van der Waals surface area contributed by atoms with Crippen molar-refractivity contribution in [2.45, 2.75) is 67.2 Å². The quantitative estimate of drug-likeness (QED) is 0.173. The van der Waals surface area contributed by atoms with E-state index in [9.17, 15) is 19.2 Å². The molecule has 0 unspecified atom stereocenters. The Morgan fingerprint density at radius 3 is 1.17 bits per heavy atom. The Balaban J connectivity index is 1.26. The lowest BCUT2D eigenvalue weighted by molar-refractivity contribution is -0.452. The lowest BCUT2D eigenvalue weighted by atomic mass is 9.83. The second-order valence-electron chi connectivity index (χ2n) is 10.6. The number of benzene rings is 2. The maximum absolute atomic E-state index is 12.2. The zero-order chi connectivity index (χ0) is 30.8. The van der Waals surface area contributed by atoms with E-state index in [0.717, 1.165) is 11.1 Å². The van der Waals surface area contributed by atoms with Crippen LogP contribution in [0.1, 0.15) is 79.8 Å². The first-order chi connectivity index (χ1) is 19.9. The van der Waals surface area contributed by atoms with Gasteiger partial charge in [-0.1, -0.05) is 35.4 Å². The molecule has 0 heterocycles. The van der Waals surface area contributed by atoms with Gasteiger partial charge in [0.15, 0.2) is 0 Å². The Kier molecular flexibility index (Phi) is 11.7. The molecule has 0 radical (unpaired) electrons. The second kappa shape index (κ2) is 15.2. The van der Waals surface area contributed by atoms with Gasteiger partial charge in [-0.15, -0.1) is 0 Å². The standard InChI is InChI=1S/C30H36O12/c1-17-11-19(3)25(20(4)12-17)27(31)37-41-39-29(33)35-15-23-7-9-24(10-8-23)16-36-30(34)40-42-38-28(32)26-21(5)13-18(2)14-22(26)6/h11-14,23-24H,7-10,15-16H2,1-6H3. The fourth-order valence-electron chi connectivity index (χ4n) is 5.22. The molecule has 0 saturated heterocycles. The van der Waals surface area contributed by atoms with Crippen LogP contribution in [0.4, 0.5) is 9.59 Å². The number of carbonyl (C=O) groups excluding carboxylic acids is 4. The molecule has 0 spiro atoms. The molecule has 1 saturated carbocycles. The fraction of sp³-hybridized carbons (Fsp3) is 0.467. The largest absolute Gasteiger partial charge is 0.543 e. The molecule has 0 atom stereocenters. The molecule has 12 heteroatoms. The predicted molar refractivity (Wildman–Crippen MR) is 145 cm³/mol. The average molecular weight is 589 g/mol. The summed E-state index contributed by atoms with van der Waals surface area (Å²) in [6.45, 7) is 11.1. The van der Waals surface area contributed by atoms with E-state index in [4.69, 9.17) is 9.47 Å². The molecule has 2 aromatic carbocycles. The zero-order valence-corrected chi connectivity index (χ0v) is 24.6. The van der Waals surface area contributed by atoms with E-state index in [1.807, 2.05) is 38.1 Å². The van der Waals surface area contributed by atoms with Crippen molar-refractivity contribution >= 4 is 24.2 Å². The van der Waals surface area contributed by atoms with Crippen molar-refractivity contribution in [2.24, 2.45) is 11.8 Å². The summed E-state index contributed by atoms with van der Waals surface area (Å²) in [5, 5.41) is 8.64. The van der Waals surface area contributed by atoms with Crippen molar-refractivity contribution in [3.8, 4) is 0 Å². The van der Waals surface area contributed by atoms with Crippen LogP contribution in [0.15, 0.2) is 24.3 Å². The molecular formula is C30H36O12. The highest BCUT2D eigenvalue weighted by atomic mass is 17.5. The van der Waals surface area contributed by atoms with Gasteiger partial charge in [0, 0.05) is 0 Å². The van der Waals surface area contributed by atoms with E-state index >= 15 is 0 Å². The van der Waals surface area contributed by atoms with Crippen LogP contribution in [-0.4, -0.2) is 37.5 Å². The van der Waals surface area contributed by atoms with Crippen molar-refractivity contribution in [1.82, 2.24) is 0 Å². The van der Waals surface area contributed by atoms with Crippen molar-refractivity contribution in [3.63, 3.8) is 0 Å². The number of hydrogen-bond donors (Lipinski definition) is 0. The molecule has 0 aliphatic heterocycles. The topological polar surface area (TPSA) is 142 Å². The van der Waals surface area contributed by atoms with Gasteiger partial charge in [0.1, 0.15) is 0 Å². The molecule has 1 aliphatic carbocycles. The highest BCUT2D eigenvalue weighted by Gasteiger charge is 2.25. The lowest BCUT2D eigenvalue weighted by Crippen LogP contribution is -2.24. The van der Waals surface area contributed by atoms with E-state index in [2.05, 4.69) is 29.6 Å². The molecule has 42 heavy (non-hydrogen) atoms. The average Bonchev–Trinajstić information content (AvgIpc) is 2.90. The number of ether oxygens (including phenoxy) is 2. The third kappa shape index (κ3) is 9.45. The molecule has 1 fully saturated rings. The molecule has 0 N–H and O–H groups in total. The Labute approximate surface area is 243 Å². The molecule has 3 rings (SSSR count). The van der Waals surface area contributed by atoms with Crippen LogP contribution in [0.5, 0.6) is 0 Å². The summed E-state index contributed by atoms with van der Waals surface area (Å²) in [6, 6.07) is 7.31. The van der Waals surface area contributed by atoms with E-state index in [1.54, 1.807) is 27.7 Å². The molecule has 1 aliphatic rings. The third-order valence-corrected chi connectivity index (χ3v) is 7.03. The molecule has 0 bridgehead atoms. The van der Waals surface area contributed by atoms with Gasteiger partial charge in [-0.3, -0.25) is 9.78 Å². The van der Waals surface area contributed by atoms with E-state index in [0.29, 0.717) is 59.1 Å². The second-order valence-corrected chi connectivity index (χ2v) is 10.6. The normalized spacial score (nSPS) is 16.2. The number of aryl methyl sites for hydroxylation is 6. The third-order valence-electron chi connectivity index (χ3n) is 7.03. The molecule has 2 aromatic rings. The van der Waals surface area contributed by atoms with Crippen LogP contribution in [0.2, 0.25) is 0 Å². The zero-order valence-electron chi connectivity index (χ0n) is 24.6. The van der Waals surface area contributed by atoms with Crippen LogP contribution < -0.4 is 0 Å². The van der Waals surface area contributed by atoms with E-state index in [-0.39, 0.29) is 25.0 Å². The van der Waals surface area contributed by atoms with Crippen LogP contribution in [0, 0.1) is 53.4 Å². The first kappa shape index (κ1) is 32.4. The van der Waals surface area contributed by atoms with Crippen molar-refractivity contribution < 1.29 is 58.3 Å². The van der Waals surface area contributed by atoms with Crippen LogP contribution in [0.25, 0.3) is 0 Å². The molecule has 228 valence electrons. The molecule has 0 amide bonds. The molecule has 0 aromatic heterocycles. The first-order valence-corrected chi connectivity index (χ1v) is 13.5. The molecular weight excluding hydrogens is 552 g/mol. The van der Waals surface area contributed by atoms with Crippen LogP contribution >= 0.6 is 0 Å². The van der Waals surface area contributed by atoms with Gasteiger partial charge in [0.05, 0.1) is 34.4 Å². The van der Waals surface area contributed by atoms with Crippen LogP contribution in [-0.2, 0) is 39.1 Å². The van der Waals surface area contributed by atoms with E-state index < -0.39 is 24.2 Å². The highest BCUT2D eigenvalue weighted by Crippen LogP contribution is 2.29. The van der Waals surface area contributed by atoms with Crippen molar-refractivity contribution in [2.75, 3.05) is 13.2 Å². The predicted octanol–water partition coefficient (Wildman–Crippen LogP) is 6.36. The van der Waals surface area contributed by atoms with Gasteiger partial charge >= 0.3 is 24.2 Å². The summed E-state index contributed by atoms with van der Waals surface area (Å²) < 4.78 is 10.1. The van der Waals surface area contributed by atoms with Gasteiger partial charge in [0.25, 0.3) is 0 Å². The minimum Gasteiger partial charge on any atom is -0.432 e. The van der Waals surface area contributed by atoms with Gasteiger partial charge in [0.2, 0.25) is 0 Å².